The van der Waals surface area contributed by atoms with Crippen molar-refractivity contribution in [3.63, 3.8) is 0 Å². The summed E-state index contributed by atoms with van der Waals surface area (Å²) in [5.41, 5.74) is 0.660. The first-order chi connectivity index (χ1) is 12.0. The van der Waals surface area contributed by atoms with E-state index in [4.69, 9.17) is 0 Å². The summed E-state index contributed by atoms with van der Waals surface area (Å²) in [6.07, 6.45) is 16.9. The third-order valence-electron chi connectivity index (χ3n) is 5.01. The number of unbranched alkanes of at least 4 members (excludes halogenated alkanes) is 13. The van der Waals surface area contributed by atoms with Crippen LogP contribution in [0.5, 0.6) is 0 Å². The molecular formula is C22H44O3. The summed E-state index contributed by atoms with van der Waals surface area (Å²) >= 11 is 0. The summed E-state index contributed by atoms with van der Waals surface area (Å²) in [6, 6.07) is 0. The van der Waals surface area contributed by atoms with E-state index in [-0.39, 0.29) is 5.76 Å². The van der Waals surface area contributed by atoms with Crippen molar-refractivity contribution < 1.29 is 15.3 Å². The van der Waals surface area contributed by atoms with Gasteiger partial charge in [-0.05, 0) is 25.8 Å². The summed E-state index contributed by atoms with van der Waals surface area (Å²) in [5, 5.41) is 29.3. The van der Waals surface area contributed by atoms with Crippen molar-refractivity contribution in [2.75, 3.05) is 0 Å². The molecule has 0 saturated heterocycles. The SMILES string of the molecule is CCCCCCCCCCCCCCCCC(O)C(O)C(O)=C(C)C. The van der Waals surface area contributed by atoms with Crippen LogP contribution >= 0.6 is 0 Å². The number of aliphatic hydroxyl groups excluding tert-OH is 3. The Kier molecular flexibility index (Phi) is 16.5. The maximum Gasteiger partial charge on any atom is 0.136 e. The van der Waals surface area contributed by atoms with Crippen LogP contribution in [0.2, 0.25) is 0 Å². The molecule has 3 nitrogen and oxygen atoms in total. The lowest BCUT2D eigenvalue weighted by molar-refractivity contribution is 0.0112. The largest absolute Gasteiger partial charge is 0.510 e. The Morgan fingerprint density at radius 1 is 0.640 bits per heavy atom. The van der Waals surface area contributed by atoms with Crippen molar-refractivity contribution in [2.45, 2.75) is 129 Å². The minimum atomic E-state index is -1.13. The molecule has 0 amide bonds. The summed E-state index contributed by atoms with van der Waals surface area (Å²) < 4.78 is 0. The van der Waals surface area contributed by atoms with Crippen LogP contribution in [0.1, 0.15) is 117 Å². The van der Waals surface area contributed by atoms with Crippen LogP contribution in [-0.4, -0.2) is 27.5 Å². The topological polar surface area (TPSA) is 60.7 Å². The molecule has 0 spiro atoms. The Morgan fingerprint density at radius 2 is 1.00 bits per heavy atom. The van der Waals surface area contributed by atoms with E-state index in [1.165, 1.54) is 77.0 Å². The Labute approximate surface area is 156 Å². The van der Waals surface area contributed by atoms with Gasteiger partial charge in [0.1, 0.15) is 11.9 Å². The Hall–Kier alpha value is -0.540. The van der Waals surface area contributed by atoms with E-state index in [1.807, 2.05) is 0 Å². The molecule has 0 aromatic rings. The molecule has 0 saturated carbocycles. The van der Waals surface area contributed by atoms with Gasteiger partial charge in [-0.15, -0.1) is 0 Å². The van der Waals surface area contributed by atoms with Crippen LogP contribution in [0, 0.1) is 0 Å². The molecule has 0 heterocycles. The zero-order valence-corrected chi connectivity index (χ0v) is 17.1. The molecule has 150 valence electrons. The van der Waals surface area contributed by atoms with Gasteiger partial charge in [-0.3, -0.25) is 0 Å². The number of hydrogen-bond donors (Lipinski definition) is 3. The second-order valence-corrected chi connectivity index (χ2v) is 7.78. The predicted octanol–water partition coefficient (Wildman–Crippen LogP) is 6.43. The summed E-state index contributed by atoms with van der Waals surface area (Å²) in [5.74, 6) is -0.0853. The molecule has 2 atom stereocenters. The van der Waals surface area contributed by atoms with Crippen LogP contribution in [0.15, 0.2) is 11.3 Å². The molecule has 0 fully saturated rings. The van der Waals surface area contributed by atoms with E-state index < -0.39 is 12.2 Å². The third kappa shape index (κ3) is 14.3. The highest BCUT2D eigenvalue weighted by Gasteiger charge is 2.20. The van der Waals surface area contributed by atoms with Crippen molar-refractivity contribution in [1.29, 1.82) is 0 Å². The van der Waals surface area contributed by atoms with E-state index in [0.29, 0.717) is 12.0 Å². The van der Waals surface area contributed by atoms with Gasteiger partial charge in [0.05, 0.1) is 6.10 Å². The van der Waals surface area contributed by atoms with Crippen molar-refractivity contribution >= 4 is 0 Å². The van der Waals surface area contributed by atoms with Crippen molar-refractivity contribution in [1.82, 2.24) is 0 Å². The van der Waals surface area contributed by atoms with Crippen LogP contribution in [0.25, 0.3) is 0 Å². The lowest BCUT2D eigenvalue weighted by Gasteiger charge is -2.18. The van der Waals surface area contributed by atoms with Crippen molar-refractivity contribution in [3.8, 4) is 0 Å². The lowest BCUT2D eigenvalue weighted by Crippen LogP contribution is -2.28. The first kappa shape index (κ1) is 24.5. The summed E-state index contributed by atoms with van der Waals surface area (Å²) in [4.78, 5) is 0. The molecule has 0 radical (unpaired) electrons. The molecule has 0 aliphatic carbocycles. The van der Waals surface area contributed by atoms with Crippen LogP contribution < -0.4 is 0 Å². The van der Waals surface area contributed by atoms with Crippen LogP contribution in [0.3, 0.4) is 0 Å². The summed E-state index contributed by atoms with van der Waals surface area (Å²) in [6.45, 7) is 5.73. The summed E-state index contributed by atoms with van der Waals surface area (Å²) in [7, 11) is 0. The van der Waals surface area contributed by atoms with E-state index in [0.717, 1.165) is 12.8 Å². The Balaban J connectivity index is 3.35. The first-order valence-corrected chi connectivity index (χ1v) is 10.7. The second kappa shape index (κ2) is 16.9. The highest BCUT2D eigenvalue weighted by Crippen LogP contribution is 2.16. The number of aliphatic hydroxyl groups is 3. The predicted molar refractivity (Wildman–Crippen MR) is 108 cm³/mol. The molecule has 0 aromatic carbocycles. The second-order valence-electron chi connectivity index (χ2n) is 7.78. The van der Waals surface area contributed by atoms with Gasteiger partial charge in [0.25, 0.3) is 0 Å². The molecule has 0 aliphatic rings. The molecule has 0 bridgehead atoms. The minimum absolute atomic E-state index is 0.0853. The Bertz CT molecular complexity index is 321. The number of rotatable bonds is 17. The molecule has 0 rings (SSSR count). The van der Waals surface area contributed by atoms with Gasteiger partial charge in [-0.1, -0.05) is 96.8 Å². The fourth-order valence-electron chi connectivity index (χ4n) is 3.18. The molecule has 0 aromatic heterocycles. The maximum absolute atomic E-state index is 9.88. The van der Waals surface area contributed by atoms with Gasteiger partial charge in [-0.25, -0.2) is 0 Å². The molecular weight excluding hydrogens is 312 g/mol. The van der Waals surface area contributed by atoms with E-state index in [2.05, 4.69) is 6.92 Å². The smallest absolute Gasteiger partial charge is 0.136 e. The Morgan fingerprint density at radius 3 is 1.36 bits per heavy atom. The molecule has 3 N–H and O–H groups in total. The highest BCUT2D eigenvalue weighted by atomic mass is 16.4. The van der Waals surface area contributed by atoms with Crippen molar-refractivity contribution in [2.24, 2.45) is 0 Å². The van der Waals surface area contributed by atoms with Crippen LogP contribution in [-0.2, 0) is 0 Å². The van der Waals surface area contributed by atoms with Gasteiger partial charge in [0.2, 0.25) is 0 Å². The monoisotopic (exact) mass is 356 g/mol. The molecule has 25 heavy (non-hydrogen) atoms. The number of hydrogen-bond acceptors (Lipinski definition) is 3. The van der Waals surface area contributed by atoms with Crippen molar-refractivity contribution in [3.05, 3.63) is 11.3 Å². The first-order valence-electron chi connectivity index (χ1n) is 10.7. The lowest BCUT2D eigenvalue weighted by atomic mass is 10.0. The fourth-order valence-corrected chi connectivity index (χ4v) is 3.18. The molecule has 0 aliphatic heterocycles. The van der Waals surface area contributed by atoms with Crippen LogP contribution in [0.4, 0.5) is 0 Å². The highest BCUT2D eigenvalue weighted by molar-refractivity contribution is 5.07. The van der Waals surface area contributed by atoms with Gasteiger partial charge >= 0.3 is 0 Å². The maximum atomic E-state index is 9.88. The average Bonchev–Trinajstić information content (AvgIpc) is 2.60. The van der Waals surface area contributed by atoms with E-state index >= 15 is 0 Å². The standard InChI is InChI=1S/C22H44O3/c1-4-5-6-7-8-9-10-11-12-13-14-15-16-17-18-20(23)22(25)21(24)19(2)3/h20,22-25H,4-18H2,1-3H3. The van der Waals surface area contributed by atoms with Gasteiger partial charge in [0.15, 0.2) is 0 Å². The zero-order valence-electron chi connectivity index (χ0n) is 17.1. The van der Waals surface area contributed by atoms with Gasteiger partial charge < -0.3 is 15.3 Å². The number of allylic oxidation sites excluding steroid dienone is 1. The minimum Gasteiger partial charge on any atom is -0.510 e. The zero-order chi connectivity index (χ0) is 18.9. The van der Waals surface area contributed by atoms with Gasteiger partial charge in [0, 0.05) is 0 Å². The quantitative estimate of drug-likeness (QED) is 0.208. The average molecular weight is 357 g/mol. The van der Waals surface area contributed by atoms with Gasteiger partial charge in [-0.2, -0.15) is 0 Å². The molecule has 2 unspecified atom stereocenters. The molecule has 3 heteroatoms. The van der Waals surface area contributed by atoms with E-state index in [9.17, 15) is 15.3 Å². The fraction of sp³-hybridized carbons (Fsp3) is 0.909. The normalized spacial score (nSPS) is 13.6. The third-order valence-corrected chi connectivity index (χ3v) is 5.01. The van der Waals surface area contributed by atoms with E-state index in [1.54, 1.807) is 13.8 Å².